The first-order valence-corrected chi connectivity index (χ1v) is 34.4. The van der Waals surface area contributed by atoms with Crippen molar-refractivity contribution < 1.29 is 89.4 Å². The number of carbonyl (C=O) groups excluding carboxylic acids is 1. The normalized spacial score (nSPS) is 29.0. The average Bonchev–Trinajstić information content (AvgIpc) is 3.49. The predicted molar refractivity (Wildman–Crippen MR) is 328 cm³/mol. The number of carbonyl (C=O) groups is 1. The Morgan fingerprint density at radius 2 is 0.729 bits per heavy atom. The number of aliphatic hydroxyl groups is 11. The molecule has 12 N–H and O–H groups in total. The number of nitrogens with one attached hydrogen (secondary N) is 1. The molecule has 0 saturated carbocycles. The van der Waals surface area contributed by atoms with Gasteiger partial charge in [0.1, 0.15) is 73.2 Å². The van der Waals surface area contributed by atoms with Crippen LogP contribution in [-0.2, 0) is 33.2 Å². The third-order valence-corrected chi connectivity index (χ3v) is 17.6. The molecule has 3 aliphatic heterocycles. The van der Waals surface area contributed by atoms with Crippen molar-refractivity contribution in [2.75, 3.05) is 26.4 Å². The van der Waals surface area contributed by atoms with Crippen LogP contribution < -0.4 is 5.32 Å². The number of allylic oxidation sites excluding steroid dienone is 1. The van der Waals surface area contributed by atoms with Crippen LogP contribution in [0.5, 0.6) is 0 Å². The van der Waals surface area contributed by atoms with Crippen molar-refractivity contribution in [3.63, 3.8) is 0 Å². The van der Waals surface area contributed by atoms with E-state index in [-0.39, 0.29) is 18.9 Å². The highest BCUT2D eigenvalue weighted by molar-refractivity contribution is 5.76. The standard InChI is InChI=1S/C66H125NO18/c1-3-5-7-9-11-13-15-17-19-21-22-23-24-25-26-27-28-30-32-34-36-38-40-42-44-54(72)67-49(50(71)43-41-39-37-35-33-31-29-20-18-16-14-12-10-8-6-4-2)48-80-64-60(78)57(75)62(52(46-69)82-64)85-66-61(79)58(76)63(53(47-70)83-66)84-65-59(77)56(74)55(73)51(45-68)81-65/h41,43,49-53,55-66,68-71,73-79H,3-40,42,44-48H2,1-2H3,(H,67,72)/b43-41+. The molecule has 0 radical (unpaired) electrons. The summed E-state index contributed by atoms with van der Waals surface area (Å²) >= 11 is 0. The minimum atomic E-state index is -1.98. The molecule has 0 aromatic rings. The zero-order valence-corrected chi connectivity index (χ0v) is 52.9. The second-order valence-electron chi connectivity index (χ2n) is 25.0. The van der Waals surface area contributed by atoms with Gasteiger partial charge in [-0.15, -0.1) is 0 Å². The fraction of sp³-hybridized carbons (Fsp3) is 0.955. The highest BCUT2D eigenvalue weighted by Gasteiger charge is 2.53. The second-order valence-corrected chi connectivity index (χ2v) is 25.0. The van der Waals surface area contributed by atoms with Gasteiger partial charge in [0.15, 0.2) is 18.9 Å². The lowest BCUT2D eigenvalue weighted by Gasteiger charge is -2.48. The van der Waals surface area contributed by atoms with E-state index in [1.807, 2.05) is 6.08 Å². The van der Waals surface area contributed by atoms with Crippen molar-refractivity contribution in [1.29, 1.82) is 0 Å². The molecule has 0 spiro atoms. The summed E-state index contributed by atoms with van der Waals surface area (Å²) in [4.78, 5) is 13.4. The summed E-state index contributed by atoms with van der Waals surface area (Å²) in [7, 11) is 0. The van der Waals surface area contributed by atoms with Crippen LogP contribution in [0.15, 0.2) is 12.2 Å². The van der Waals surface area contributed by atoms with E-state index >= 15 is 0 Å². The molecule has 0 bridgehead atoms. The van der Waals surface area contributed by atoms with Crippen LogP contribution in [0.4, 0.5) is 0 Å². The van der Waals surface area contributed by atoms with Crippen molar-refractivity contribution >= 4 is 5.91 Å². The number of amides is 1. The zero-order valence-electron chi connectivity index (χ0n) is 52.9. The van der Waals surface area contributed by atoms with Gasteiger partial charge in [-0.2, -0.15) is 0 Å². The number of hydrogen-bond donors (Lipinski definition) is 12. The number of ether oxygens (including phenoxy) is 6. The first-order valence-electron chi connectivity index (χ1n) is 34.4. The Morgan fingerprint density at radius 1 is 0.412 bits per heavy atom. The quantitative estimate of drug-likeness (QED) is 0.0201. The topological polar surface area (TPSA) is 307 Å². The fourth-order valence-electron chi connectivity index (χ4n) is 12.0. The molecule has 502 valence electrons. The van der Waals surface area contributed by atoms with Crippen LogP contribution in [0.25, 0.3) is 0 Å². The maximum atomic E-state index is 13.4. The maximum absolute atomic E-state index is 13.4. The summed E-state index contributed by atoms with van der Waals surface area (Å²) in [5.74, 6) is -0.270. The van der Waals surface area contributed by atoms with Gasteiger partial charge in [0.2, 0.25) is 5.91 Å². The average molecular weight is 1220 g/mol. The van der Waals surface area contributed by atoms with Gasteiger partial charge in [0.05, 0.1) is 38.6 Å². The molecule has 0 aromatic carbocycles. The van der Waals surface area contributed by atoms with Crippen molar-refractivity contribution in [3.05, 3.63) is 12.2 Å². The maximum Gasteiger partial charge on any atom is 0.220 e. The summed E-state index contributed by atoms with van der Waals surface area (Å²) in [6, 6.07) is -0.968. The van der Waals surface area contributed by atoms with E-state index in [9.17, 15) is 61.0 Å². The van der Waals surface area contributed by atoms with Crippen LogP contribution in [-0.4, -0.2) is 193 Å². The summed E-state index contributed by atoms with van der Waals surface area (Å²) in [5.41, 5.74) is 0. The molecule has 19 heteroatoms. The molecule has 17 atom stereocenters. The molecule has 3 aliphatic rings. The molecular weight excluding hydrogens is 1090 g/mol. The van der Waals surface area contributed by atoms with E-state index < -0.39 is 124 Å². The number of unbranched alkanes of at least 4 members (excludes halogenated alkanes) is 37. The van der Waals surface area contributed by atoms with Gasteiger partial charge < -0.3 is 89.9 Å². The van der Waals surface area contributed by atoms with E-state index in [0.29, 0.717) is 6.42 Å². The van der Waals surface area contributed by atoms with Gasteiger partial charge in [-0.05, 0) is 19.3 Å². The van der Waals surface area contributed by atoms with Gasteiger partial charge in [0, 0.05) is 6.42 Å². The zero-order chi connectivity index (χ0) is 61.9. The van der Waals surface area contributed by atoms with Crippen LogP contribution in [0.2, 0.25) is 0 Å². The van der Waals surface area contributed by atoms with Gasteiger partial charge in [-0.25, -0.2) is 0 Å². The van der Waals surface area contributed by atoms with E-state index in [2.05, 4.69) is 19.2 Å². The lowest BCUT2D eigenvalue weighted by molar-refractivity contribution is -0.379. The third kappa shape index (κ3) is 31.9. The molecule has 3 rings (SSSR count). The Balaban J connectivity index is 1.43. The summed E-state index contributed by atoms with van der Waals surface area (Å²) in [6.07, 6.45) is 26.2. The number of aliphatic hydroxyl groups excluding tert-OH is 11. The monoisotopic (exact) mass is 1220 g/mol. The first-order chi connectivity index (χ1) is 41.3. The Bertz CT molecular complexity index is 1600. The molecule has 0 aromatic heterocycles. The number of rotatable bonds is 53. The van der Waals surface area contributed by atoms with Crippen molar-refractivity contribution in [2.45, 2.75) is 375 Å². The van der Waals surface area contributed by atoms with Gasteiger partial charge in [0.25, 0.3) is 0 Å². The molecular formula is C66H125NO18. The van der Waals surface area contributed by atoms with Gasteiger partial charge in [-0.3, -0.25) is 4.79 Å². The molecule has 0 aliphatic carbocycles. The fourth-order valence-corrected chi connectivity index (χ4v) is 12.0. The van der Waals surface area contributed by atoms with Crippen LogP contribution >= 0.6 is 0 Å². The first kappa shape index (κ1) is 77.8. The Morgan fingerprint density at radius 3 is 1.11 bits per heavy atom. The lowest BCUT2D eigenvalue weighted by atomic mass is 9.96. The number of hydrogen-bond acceptors (Lipinski definition) is 18. The van der Waals surface area contributed by atoms with Crippen molar-refractivity contribution in [3.8, 4) is 0 Å². The van der Waals surface area contributed by atoms with Crippen molar-refractivity contribution in [2.24, 2.45) is 0 Å². The minimum Gasteiger partial charge on any atom is -0.394 e. The molecule has 3 heterocycles. The highest BCUT2D eigenvalue weighted by atomic mass is 16.8. The molecule has 17 unspecified atom stereocenters. The van der Waals surface area contributed by atoms with Crippen LogP contribution in [0, 0.1) is 0 Å². The van der Waals surface area contributed by atoms with E-state index in [1.54, 1.807) is 6.08 Å². The summed E-state index contributed by atoms with van der Waals surface area (Å²) in [6.45, 7) is 1.77. The molecule has 19 nitrogen and oxygen atoms in total. The third-order valence-electron chi connectivity index (χ3n) is 17.6. The smallest absolute Gasteiger partial charge is 0.220 e. The Labute approximate surface area is 512 Å². The van der Waals surface area contributed by atoms with Crippen molar-refractivity contribution in [1.82, 2.24) is 5.32 Å². The summed E-state index contributed by atoms with van der Waals surface area (Å²) < 4.78 is 34.3. The van der Waals surface area contributed by atoms with E-state index in [1.165, 1.54) is 199 Å². The SMILES string of the molecule is CCCCCCCCCCCCCCCC/C=C/C(O)C(COC1OC(CO)C(OC2OC(CO)C(OC3OC(CO)C(O)C(O)C3O)C(O)C2O)C(O)C1O)NC(=O)CCCCCCCCCCCCCCCCCCCCCCCCCC. The molecule has 3 saturated heterocycles. The van der Waals surface area contributed by atoms with Gasteiger partial charge in [-0.1, -0.05) is 257 Å². The largest absolute Gasteiger partial charge is 0.394 e. The minimum absolute atomic E-state index is 0.250. The summed E-state index contributed by atoms with van der Waals surface area (Å²) in [5, 5.41) is 120. The van der Waals surface area contributed by atoms with E-state index in [0.717, 1.165) is 44.9 Å². The van der Waals surface area contributed by atoms with E-state index in [4.69, 9.17) is 28.4 Å². The Kier molecular flexibility index (Phi) is 45.1. The predicted octanol–water partition coefficient (Wildman–Crippen LogP) is 8.50. The van der Waals surface area contributed by atoms with Crippen LogP contribution in [0.3, 0.4) is 0 Å². The second kappa shape index (κ2) is 49.3. The molecule has 3 fully saturated rings. The highest BCUT2D eigenvalue weighted by Crippen LogP contribution is 2.33. The molecule has 1 amide bonds. The van der Waals surface area contributed by atoms with Crippen LogP contribution in [0.1, 0.15) is 271 Å². The lowest BCUT2D eigenvalue weighted by Crippen LogP contribution is -2.66. The Hall–Kier alpha value is -1.47. The molecule has 85 heavy (non-hydrogen) atoms. The van der Waals surface area contributed by atoms with Gasteiger partial charge >= 0.3 is 0 Å².